The summed E-state index contributed by atoms with van der Waals surface area (Å²) in [5, 5.41) is 0. The van der Waals surface area contributed by atoms with Gasteiger partial charge in [-0.25, -0.2) is 0 Å². The number of unbranched alkanes of at least 4 members (excludes halogenated alkanes) is 5. The van der Waals surface area contributed by atoms with Gasteiger partial charge in [-0.15, -0.1) is 0 Å². The van der Waals surface area contributed by atoms with E-state index in [0.29, 0.717) is 0 Å². The molecule has 0 radical (unpaired) electrons. The Morgan fingerprint density at radius 1 is 0.600 bits per heavy atom. The normalized spacial score (nSPS) is 13.3. The van der Waals surface area contributed by atoms with E-state index < -0.39 is 8.32 Å². The molecule has 0 aliphatic rings. The fourth-order valence-corrected chi connectivity index (χ4v) is 3.06. The zero-order valence-electron chi connectivity index (χ0n) is 17.3. The molecule has 0 aromatic rings. The van der Waals surface area contributed by atoms with E-state index in [2.05, 4.69) is 75.2 Å². The monoisotopic (exact) mass is 362 g/mol. The molecule has 0 spiro atoms. The van der Waals surface area contributed by atoms with E-state index in [0.717, 1.165) is 25.9 Å². The van der Waals surface area contributed by atoms with Crippen LogP contribution >= 0.6 is 0 Å². The Bertz CT molecular complexity index is 385. The number of rotatable bonds is 16. The van der Waals surface area contributed by atoms with Crippen LogP contribution in [0.2, 0.25) is 19.6 Å². The first-order valence-electron chi connectivity index (χ1n) is 10.3. The molecule has 0 aliphatic carbocycles. The third kappa shape index (κ3) is 23.1. The Morgan fingerprint density at radius 3 is 1.48 bits per heavy atom. The smallest absolute Gasteiger partial charge is 0.183 e. The van der Waals surface area contributed by atoms with E-state index in [9.17, 15) is 0 Å². The van der Waals surface area contributed by atoms with E-state index in [1.54, 1.807) is 0 Å². The van der Waals surface area contributed by atoms with E-state index in [1.165, 1.54) is 44.9 Å². The van der Waals surface area contributed by atoms with Crippen LogP contribution < -0.4 is 0 Å². The second-order valence-electron chi connectivity index (χ2n) is 7.55. The van der Waals surface area contributed by atoms with Gasteiger partial charge < -0.3 is 4.43 Å². The van der Waals surface area contributed by atoms with Gasteiger partial charge in [-0.05, 0) is 71.0 Å². The van der Waals surface area contributed by atoms with Crippen molar-refractivity contribution in [3.63, 3.8) is 0 Å². The predicted octanol–water partition coefficient (Wildman–Crippen LogP) is 7.98. The summed E-state index contributed by atoms with van der Waals surface area (Å²) in [6.45, 7) is 9.94. The molecule has 0 saturated heterocycles. The summed E-state index contributed by atoms with van der Waals surface area (Å²) in [5.74, 6) is 0. The lowest BCUT2D eigenvalue weighted by Gasteiger charge is -2.16. The van der Waals surface area contributed by atoms with E-state index >= 15 is 0 Å². The molecule has 0 heterocycles. The number of allylic oxidation sites excluding steroid dienone is 8. The van der Waals surface area contributed by atoms with Gasteiger partial charge in [0.05, 0.1) is 0 Å². The number of hydrogen-bond acceptors (Lipinski definition) is 1. The predicted molar refractivity (Wildman–Crippen MR) is 118 cm³/mol. The van der Waals surface area contributed by atoms with Gasteiger partial charge in [-0.3, -0.25) is 0 Å². The molecule has 2 heteroatoms. The Kier molecular flexibility index (Phi) is 17.3. The van der Waals surface area contributed by atoms with Crippen LogP contribution in [0.5, 0.6) is 0 Å². The first-order valence-corrected chi connectivity index (χ1v) is 13.7. The van der Waals surface area contributed by atoms with Crippen LogP contribution in [0, 0.1) is 0 Å². The summed E-state index contributed by atoms with van der Waals surface area (Å²) < 4.78 is 5.85. The Balaban J connectivity index is 3.40. The molecule has 0 aromatic heterocycles. The highest BCUT2D eigenvalue weighted by Crippen LogP contribution is 2.06. The van der Waals surface area contributed by atoms with Crippen molar-refractivity contribution < 1.29 is 4.43 Å². The van der Waals surface area contributed by atoms with Gasteiger partial charge in [0, 0.05) is 6.61 Å². The topological polar surface area (TPSA) is 9.23 Å². The highest BCUT2D eigenvalue weighted by molar-refractivity contribution is 6.69. The molecule has 0 aliphatic heterocycles. The minimum absolute atomic E-state index is 0.934. The fourth-order valence-electron chi connectivity index (χ4n) is 2.30. The van der Waals surface area contributed by atoms with Crippen molar-refractivity contribution in [1.82, 2.24) is 0 Å². The summed E-state index contributed by atoms with van der Waals surface area (Å²) in [6, 6.07) is 0. The molecule has 0 saturated carbocycles. The minimum Gasteiger partial charge on any atom is -0.418 e. The molecule has 0 aromatic carbocycles. The first-order chi connectivity index (χ1) is 12.1. The van der Waals surface area contributed by atoms with Crippen LogP contribution in [0.15, 0.2) is 48.6 Å². The van der Waals surface area contributed by atoms with Crippen molar-refractivity contribution in [1.29, 1.82) is 0 Å². The van der Waals surface area contributed by atoms with Gasteiger partial charge >= 0.3 is 0 Å². The molecular formula is C23H42OSi. The average molecular weight is 363 g/mol. The molecule has 0 bridgehead atoms. The van der Waals surface area contributed by atoms with E-state index in [-0.39, 0.29) is 0 Å². The molecule has 0 rings (SSSR count). The first kappa shape index (κ1) is 24.1. The molecule has 0 atom stereocenters. The Labute approximate surface area is 159 Å². The van der Waals surface area contributed by atoms with Crippen LogP contribution in [0.3, 0.4) is 0 Å². The summed E-state index contributed by atoms with van der Waals surface area (Å²) in [7, 11) is -1.31. The summed E-state index contributed by atoms with van der Waals surface area (Å²) in [6.07, 6.45) is 30.2. The van der Waals surface area contributed by atoms with Gasteiger partial charge in [-0.2, -0.15) is 0 Å². The van der Waals surface area contributed by atoms with E-state index in [1.807, 2.05) is 0 Å². The van der Waals surface area contributed by atoms with Crippen molar-refractivity contribution in [3.05, 3.63) is 48.6 Å². The Morgan fingerprint density at radius 2 is 1.04 bits per heavy atom. The summed E-state index contributed by atoms with van der Waals surface area (Å²) >= 11 is 0. The molecule has 25 heavy (non-hydrogen) atoms. The SMILES string of the molecule is CCCCC/C=C\C/C=C\C/C=C\C/C=C\CCCCO[Si](C)(C)C. The van der Waals surface area contributed by atoms with Crippen LogP contribution in [-0.4, -0.2) is 14.9 Å². The lowest BCUT2D eigenvalue weighted by atomic mass is 10.2. The largest absolute Gasteiger partial charge is 0.418 e. The standard InChI is InChI=1S/C23H42OSi/c1-5-6-7-8-9-10-11-12-13-14-15-16-17-18-19-20-21-22-23-24-25(2,3)4/h9-10,12-13,15-16,18-19H,5-8,11,14,17,20-23H2,1-4H3/b10-9-,13-12-,16-15-,19-18-. The van der Waals surface area contributed by atoms with Crippen LogP contribution in [0.4, 0.5) is 0 Å². The van der Waals surface area contributed by atoms with Crippen molar-refractivity contribution in [2.75, 3.05) is 6.61 Å². The maximum atomic E-state index is 5.85. The summed E-state index contributed by atoms with van der Waals surface area (Å²) in [5.41, 5.74) is 0. The van der Waals surface area contributed by atoms with Crippen LogP contribution in [-0.2, 0) is 4.43 Å². The van der Waals surface area contributed by atoms with Gasteiger partial charge in [0.15, 0.2) is 8.32 Å². The second kappa shape index (κ2) is 17.9. The van der Waals surface area contributed by atoms with Gasteiger partial charge in [0.2, 0.25) is 0 Å². The van der Waals surface area contributed by atoms with Crippen molar-refractivity contribution in [2.45, 2.75) is 90.8 Å². The molecule has 144 valence electrons. The average Bonchev–Trinajstić information content (AvgIpc) is 2.56. The maximum Gasteiger partial charge on any atom is 0.183 e. The van der Waals surface area contributed by atoms with Gasteiger partial charge in [0.25, 0.3) is 0 Å². The Hall–Kier alpha value is -0.863. The number of hydrogen-bond donors (Lipinski definition) is 0. The highest BCUT2D eigenvalue weighted by atomic mass is 28.4. The van der Waals surface area contributed by atoms with Gasteiger partial charge in [-0.1, -0.05) is 68.4 Å². The lowest BCUT2D eigenvalue weighted by Crippen LogP contribution is -2.25. The maximum absolute atomic E-state index is 5.85. The molecule has 0 fully saturated rings. The highest BCUT2D eigenvalue weighted by Gasteiger charge is 2.12. The quantitative estimate of drug-likeness (QED) is 0.154. The molecule has 1 nitrogen and oxygen atoms in total. The summed E-state index contributed by atoms with van der Waals surface area (Å²) in [4.78, 5) is 0. The zero-order chi connectivity index (χ0) is 18.6. The minimum atomic E-state index is -1.31. The van der Waals surface area contributed by atoms with Gasteiger partial charge in [0.1, 0.15) is 0 Å². The third-order valence-electron chi connectivity index (χ3n) is 3.76. The fraction of sp³-hybridized carbons (Fsp3) is 0.652. The molecule has 0 unspecified atom stereocenters. The van der Waals surface area contributed by atoms with Crippen molar-refractivity contribution in [2.24, 2.45) is 0 Å². The van der Waals surface area contributed by atoms with Crippen LogP contribution in [0.1, 0.15) is 71.1 Å². The molecular weight excluding hydrogens is 320 g/mol. The zero-order valence-corrected chi connectivity index (χ0v) is 18.3. The van der Waals surface area contributed by atoms with Crippen molar-refractivity contribution >= 4 is 8.32 Å². The molecule has 0 amide bonds. The van der Waals surface area contributed by atoms with E-state index in [4.69, 9.17) is 4.43 Å². The van der Waals surface area contributed by atoms with Crippen LogP contribution in [0.25, 0.3) is 0 Å². The lowest BCUT2D eigenvalue weighted by molar-refractivity contribution is 0.301. The second-order valence-corrected chi connectivity index (χ2v) is 12.1. The molecule has 0 N–H and O–H groups in total. The third-order valence-corrected chi connectivity index (χ3v) is 4.83. The van der Waals surface area contributed by atoms with Crippen molar-refractivity contribution in [3.8, 4) is 0 Å².